The van der Waals surface area contributed by atoms with E-state index in [2.05, 4.69) is 5.16 Å². The lowest BCUT2D eigenvalue weighted by Crippen LogP contribution is -2.06. The third kappa shape index (κ3) is 11.3. The molecule has 0 aliphatic rings. The zero-order valence-corrected chi connectivity index (χ0v) is 18.2. The van der Waals surface area contributed by atoms with Gasteiger partial charge in [-0.1, -0.05) is 40.0 Å². The van der Waals surface area contributed by atoms with Crippen LogP contribution in [0.25, 0.3) is 0 Å². The molecular weight excluding hydrogens is 413 g/mol. The molecule has 8 heteroatoms. The van der Waals surface area contributed by atoms with E-state index in [9.17, 15) is 0 Å². The van der Waals surface area contributed by atoms with Gasteiger partial charge in [0.2, 0.25) is 0 Å². The molecule has 0 N–H and O–H groups in total. The Morgan fingerprint density at radius 2 is 1.78 bits per heavy atom. The third-order valence-electron chi connectivity index (χ3n) is 3.19. The molecule has 152 valence electrons. The van der Waals surface area contributed by atoms with Crippen LogP contribution in [-0.4, -0.2) is 38.7 Å². The zero-order chi connectivity index (χ0) is 20.1. The van der Waals surface area contributed by atoms with Gasteiger partial charge in [0, 0.05) is 12.7 Å². The standard InChI is InChI=1S/C19H26Cl3NO4/c1-14(2)23-27-11-10-24-7-4-5-8-26-19-15(3)12-16(13-17(19)20)25-9-6-18(21)22/h6,12-13H,4-5,7-11H2,1-3H3. The maximum absolute atomic E-state index is 6.29. The second kappa shape index (κ2) is 13.9. The van der Waals surface area contributed by atoms with Crippen molar-refractivity contribution in [1.82, 2.24) is 0 Å². The van der Waals surface area contributed by atoms with Crippen LogP contribution in [0.5, 0.6) is 11.5 Å². The number of benzene rings is 1. The predicted octanol–water partition coefficient (Wildman–Crippen LogP) is 5.93. The molecule has 0 bridgehead atoms. The van der Waals surface area contributed by atoms with Crippen LogP contribution in [-0.2, 0) is 9.57 Å². The Morgan fingerprint density at radius 1 is 1.04 bits per heavy atom. The Labute approximate surface area is 176 Å². The average molecular weight is 439 g/mol. The zero-order valence-electron chi connectivity index (χ0n) is 15.9. The molecule has 0 heterocycles. The van der Waals surface area contributed by atoms with Gasteiger partial charge in [0.1, 0.15) is 29.2 Å². The quantitative estimate of drug-likeness (QED) is 0.217. The molecule has 0 saturated carbocycles. The van der Waals surface area contributed by atoms with Crippen LogP contribution in [0.3, 0.4) is 0 Å². The van der Waals surface area contributed by atoms with Gasteiger partial charge in [-0.2, -0.15) is 0 Å². The number of unbranched alkanes of at least 4 members (excludes halogenated alkanes) is 1. The topological polar surface area (TPSA) is 49.3 Å². The Kier molecular flexibility index (Phi) is 12.3. The summed E-state index contributed by atoms with van der Waals surface area (Å²) in [6.45, 7) is 8.14. The SMILES string of the molecule is CC(C)=NOCCOCCCCOc1c(C)cc(OCC=C(Cl)Cl)cc1Cl. The average Bonchev–Trinajstić information content (AvgIpc) is 2.58. The number of hydrogen-bond donors (Lipinski definition) is 0. The highest BCUT2D eigenvalue weighted by molar-refractivity contribution is 6.55. The smallest absolute Gasteiger partial charge is 0.141 e. The van der Waals surface area contributed by atoms with Gasteiger partial charge in [0.15, 0.2) is 0 Å². The van der Waals surface area contributed by atoms with Crippen molar-refractivity contribution in [2.24, 2.45) is 5.16 Å². The molecule has 5 nitrogen and oxygen atoms in total. The number of oxime groups is 1. The lowest BCUT2D eigenvalue weighted by Gasteiger charge is -2.13. The van der Waals surface area contributed by atoms with Gasteiger partial charge in [0.25, 0.3) is 0 Å². The summed E-state index contributed by atoms with van der Waals surface area (Å²) in [5.74, 6) is 1.30. The summed E-state index contributed by atoms with van der Waals surface area (Å²) in [5, 5.41) is 4.34. The van der Waals surface area contributed by atoms with Crippen LogP contribution in [0, 0.1) is 6.92 Å². The lowest BCUT2D eigenvalue weighted by atomic mass is 10.2. The molecule has 0 aromatic heterocycles. The predicted molar refractivity (Wildman–Crippen MR) is 112 cm³/mol. The Hall–Kier alpha value is -1.14. The van der Waals surface area contributed by atoms with E-state index in [-0.39, 0.29) is 11.1 Å². The molecule has 0 fully saturated rings. The van der Waals surface area contributed by atoms with Gasteiger partial charge in [-0.05, 0) is 51.3 Å². The molecule has 0 unspecified atom stereocenters. The van der Waals surface area contributed by atoms with Crippen molar-refractivity contribution in [3.8, 4) is 11.5 Å². The summed E-state index contributed by atoms with van der Waals surface area (Å²) in [5.41, 5.74) is 1.79. The first-order chi connectivity index (χ1) is 12.9. The summed E-state index contributed by atoms with van der Waals surface area (Å²) < 4.78 is 17.0. The van der Waals surface area contributed by atoms with E-state index in [1.165, 1.54) is 0 Å². The summed E-state index contributed by atoms with van der Waals surface area (Å²) in [6.07, 6.45) is 3.31. The van der Waals surface area contributed by atoms with Crippen molar-refractivity contribution < 1.29 is 19.0 Å². The fourth-order valence-electron chi connectivity index (χ4n) is 2.02. The molecule has 0 saturated heterocycles. The van der Waals surface area contributed by atoms with E-state index in [1.54, 1.807) is 12.1 Å². The van der Waals surface area contributed by atoms with Crippen molar-refractivity contribution in [1.29, 1.82) is 0 Å². The maximum atomic E-state index is 6.29. The first-order valence-corrected chi connectivity index (χ1v) is 9.81. The Balaban J connectivity index is 2.24. The van der Waals surface area contributed by atoms with E-state index >= 15 is 0 Å². The van der Waals surface area contributed by atoms with E-state index in [0.29, 0.717) is 42.9 Å². The summed E-state index contributed by atoms with van der Waals surface area (Å²) in [4.78, 5) is 5.05. The minimum Gasteiger partial charge on any atom is -0.492 e. The maximum Gasteiger partial charge on any atom is 0.141 e. The van der Waals surface area contributed by atoms with Crippen molar-refractivity contribution >= 4 is 40.5 Å². The third-order valence-corrected chi connectivity index (χ3v) is 3.78. The van der Waals surface area contributed by atoms with Gasteiger partial charge >= 0.3 is 0 Å². The molecule has 1 aromatic carbocycles. The molecule has 0 atom stereocenters. The second-order valence-electron chi connectivity index (χ2n) is 5.90. The van der Waals surface area contributed by atoms with Crippen molar-refractivity contribution in [3.05, 3.63) is 33.3 Å². The summed E-state index contributed by atoms with van der Waals surface area (Å²) in [6, 6.07) is 3.57. The van der Waals surface area contributed by atoms with E-state index < -0.39 is 0 Å². The minimum atomic E-state index is 0.166. The van der Waals surface area contributed by atoms with Gasteiger partial charge in [-0.3, -0.25) is 0 Å². The van der Waals surface area contributed by atoms with E-state index in [0.717, 1.165) is 24.1 Å². The van der Waals surface area contributed by atoms with Crippen LogP contribution < -0.4 is 9.47 Å². The van der Waals surface area contributed by atoms with Gasteiger partial charge < -0.3 is 19.0 Å². The molecule has 1 rings (SSSR count). The fourth-order valence-corrected chi connectivity index (χ4v) is 2.46. The highest BCUT2D eigenvalue weighted by Crippen LogP contribution is 2.33. The van der Waals surface area contributed by atoms with Crippen molar-refractivity contribution in [2.75, 3.05) is 33.0 Å². The number of hydrogen-bond acceptors (Lipinski definition) is 5. The lowest BCUT2D eigenvalue weighted by molar-refractivity contribution is 0.0483. The first kappa shape index (κ1) is 23.9. The molecule has 0 aliphatic carbocycles. The number of ether oxygens (including phenoxy) is 3. The number of aryl methyl sites for hydroxylation is 1. The highest BCUT2D eigenvalue weighted by Gasteiger charge is 2.09. The van der Waals surface area contributed by atoms with Crippen LogP contribution in [0.2, 0.25) is 5.02 Å². The molecule has 27 heavy (non-hydrogen) atoms. The number of nitrogens with zero attached hydrogens (tertiary/aromatic N) is 1. The monoisotopic (exact) mass is 437 g/mol. The second-order valence-corrected chi connectivity index (χ2v) is 7.31. The molecular formula is C19H26Cl3NO4. The van der Waals surface area contributed by atoms with Gasteiger partial charge in [-0.25, -0.2) is 0 Å². The largest absolute Gasteiger partial charge is 0.492 e. The van der Waals surface area contributed by atoms with Crippen molar-refractivity contribution in [2.45, 2.75) is 33.6 Å². The Morgan fingerprint density at radius 3 is 2.44 bits per heavy atom. The summed E-state index contributed by atoms with van der Waals surface area (Å²) in [7, 11) is 0. The normalized spacial score (nSPS) is 10.3. The number of rotatable bonds is 13. The van der Waals surface area contributed by atoms with Crippen LogP contribution >= 0.6 is 34.8 Å². The molecule has 0 spiro atoms. The first-order valence-electron chi connectivity index (χ1n) is 8.68. The minimum absolute atomic E-state index is 0.166. The van der Waals surface area contributed by atoms with Crippen LogP contribution in [0.1, 0.15) is 32.3 Å². The van der Waals surface area contributed by atoms with Gasteiger partial charge in [0.05, 0.1) is 23.9 Å². The van der Waals surface area contributed by atoms with Crippen molar-refractivity contribution in [3.63, 3.8) is 0 Å². The molecule has 0 radical (unpaired) electrons. The van der Waals surface area contributed by atoms with E-state index in [4.69, 9.17) is 53.9 Å². The highest BCUT2D eigenvalue weighted by atomic mass is 35.5. The van der Waals surface area contributed by atoms with Gasteiger partial charge in [-0.15, -0.1) is 0 Å². The molecule has 1 aromatic rings. The number of halogens is 3. The fraction of sp³-hybridized carbons (Fsp3) is 0.526. The summed E-state index contributed by atoms with van der Waals surface area (Å²) >= 11 is 17.4. The van der Waals surface area contributed by atoms with Crippen LogP contribution in [0.15, 0.2) is 27.9 Å². The van der Waals surface area contributed by atoms with Crippen LogP contribution in [0.4, 0.5) is 0 Å². The Bertz CT molecular complexity index is 604. The van der Waals surface area contributed by atoms with E-state index in [1.807, 2.05) is 26.8 Å². The molecule has 0 amide bonds. The molecule has 0 aliphatic heterocycles.